The number of nitrogens with zero attached hydrogens (tertiary/aromatic N) is 2. The zero-order chi connectivity index (χ0) is 16.1. The molecule has 0 aliphatic carbocycles. The van der Waals surface area contributed by atoms with Gasteiger partial charge in [0.05, 0.1) is 18.2 Å². The largest absolute Gasteiger partial charge is 0.381 e. The highest BCUT2D eigenvalue weighted by Crippen LogP contribution is 2.18. The van der Waals surface area contributed by atoms with Crippen molar-refractivity contribution < 1.29 is 9.53 Å². The Morgan fingerprint density at radius 2 is 2.00 bits per heavy atom. The molecule has 2 aliphatic rings. The fourth-order valence-electron chi connectivity index (χ4n) is 3.32. The first-order valence-corrected chi connectivity index (χ1v) is 8.36. The van der Waals surface area contributed by atoms with Crippen molar-refractivity contribution in [1.82, 2.24) is 10.2 Å². The Hall–Kier alpha value is -1.90. The van der Waals surface area contributed by atoms with Crippen molar-refractivity contribution in [2.24, 2.45) is 5.92 Å². The summed E-state index contributed by atoms with van der Waals surface area (Å²) in [4.78, 5) is 14.7. The number of amides is 1. The first kappa shape index (κ1) is 16.0. The van der Waals surface area contributed by atoms with Gasteiger partial charge in [-0.05, 0) is 49.4 Å². The Labute approximate surface area is 137 Å². The van der Waals surface area contributed by atoms with Crippen LogP contribution in [-0.4, -0.2) is 49.7 Å². The predicted molar refractivity (Wildman–Crippen MR) is 87.0 cm³/mol. The molecule has 5 nitrogen and oxygen atoms in total. The lowest BCUT2D eigenvalue weighted by Gasteiger charge is -2.33. The molecule has 3 rings (SSSR count). The van der Waals surface area contributed by atoms with Crippen LogP contribution >= 0.6 is 0 Å². The van der Waals surface area contributed by atoms with Crippen LogP contribution in [0.2, 0.25) is 0 Å². The van der Waals surface area contributed by atoms with E-state index in [1.54, 1.807) is 24.3 Å². The molecule has 2 heterocycles. The first-order valence-electron chi connectivity index (χ1n) is 8.36. The second kappa shape index (κ2) is 7.58. The Morgan fingerprint density at radius 1 is 1.26 bits per heavy atom. The summed E-state index contributed by atoms with van der Waals surface area (Å²) < 4.78 is 5.43. The highest BCUT2D eigenvalue weighted by atomic mass is 16.5. The van der Waals surface area contributed by atoms with E-state index in [0.29, 0.717) is 17.0 Å². The van der Waals surface area contributed by atoms with Crippen LogP contribution in [0.15, 0.2) is 24.3 Å². The van der Waals surface area contributed by atoms with Crippen molar-refractivity contribution in [2.45, 2.75) is 25.3 Å². The smallest absolute Gasteiger partial charge is 0.251 e. The number of hydrogen-bond acceptors (Lipinski definition) is 4. The zero-order valence-corrected chi connectivity index (χ0v) is 13.3. The van der Waals surface area contributed by atoms with Gasteiger partial charge < -0.3 is 15.0 Å². The average molecular weight is 313 g/mol. The number of carbonyl (C=O) groups is 1. The summed E-state index contributed by atoms with van der Waals surface area (Å²) in [5.41, 5.74) is 1.19. The average Bonchev–Trinajstić information content (AvgIpc) is 3.10. The molecule has 1 aromatic rings. The molecule has 2 saturated heterocycles. The van der Waals surface area contributed by atoms with E-state index in [-0.39, 0.29) is 11.9 Å². The fourth-order valence-corrected chi connectivity index (χ4v) is 3.32. The van der Waals surface area contributed by atoms with E-state index in [1.165, 1.54) is 6.42 Å². The summed E-state index contributed by atoms with van der Waals surface area (Å²) in [5, 5.41) is 11.9. The zero-order valence-electron chi connectivity index (χ0n) is 13.3. The number of likely N-dealkylation sites (tertiary alicyclic amines) is 1. The molecule has 0 saturated carbocycles. The van der Waals surface area contributed by atoms with E-state index in [9.17, 15) is 4.79 Å². The lowest BCUT2D eigenvalue weighted by Crippen LogP contribution is -2.45. The number of nitriles is 1. The minimum absolute atomic E-state index is 0.0443. The standard InChI is InChI=1S/C18H23N3O2/c19-11-14-1-3-16(4-2-14)18(22)20-17-5-8-21(9-6-17)12-15-7-10-23-13-15/h1-4,15,17H,5-10,12-13H2,(H,20,22). The van der Waals surface area contributed by atoms with E-state index in [1.807, 2.05) is 0 Å². The number of carbonyl (C=O) groups excluding carboxylic acids is 1. The van der Waals surface area contributed by atoms with Gasteiger partial charge in [0.1, 0.15) is 0 Å². The quantitative estimate of drug-likeness (QED) is 0.920. The van der Waals surface area contributed by atoms with E-state index in [4.69, 9.17) is 10.00 Å². The minimum atomic E-state index is -0.0443. The molecule has 1 aromatic carbocycles. The van der Waals surface area contributed by atoms with Gasteiger partial charge >= 0.3 is 0 Å². The molecule has 0 radical (unpaired) electrons. The first-order chi connectivity index (χ1) is 11.2. The number of ether oxygens (including phenoxy) is 1. The Balaban J connectivity index is 1.44. The normalized spacial score (nSPS) is 22.7. The van der Waals surface area contributed by atoms with Crippen LogP contribution in [0.1, 0.15) is 35.2 Å². The van der Waals surface area contributed by atoms with Crippen molar-refractivity contribution in [1.29, 1.82) is 5.26 Å². The number of piperidine rings is 1. The molecule has 5 heteroatoms. The molecular formula is C18H23N3O2. The number of benzene rings is 1. The molecule has 2 fully saturated rings. The summed E-state index contributed by atoms with van der Waals surface area (Å²) >= 11 is 0. The van der Waals surface area contributed by atoms with Crippen LogP contribution in [0, 0.1) is 17.2 Å². The Bertz CT molecular complexity index is 565. The van der Waals surface area contributed by atoms with Crippen LogP contribution in [0.4, 0.5) is 0 Å². The maximum atomic E-state index is 12.2. The molecular weight excluding hydrogens is 290 g/mol. The lowest BCUT2D eigenvalue weighted by atomic mass is 10.0. The fraction of sp³-hybridized carbons (Fsp3) is 0.556. The third-order valence-corrected chi connectivity index (χ3v) is 4.74. The van der Waals surface area contributed by atoms with Gasteiger partial charge in [0.25, 0.3) is 5.91 Å². The lowest BCUT2D eigenvalue weighted by molar-refractivity contribution is 0.0903. The van der Waals surface area contributed by atoms with Crippen molar-refractivity contribution in [2.75, 3.05) is 32.8 Å². The third-order valence-electron chi connectivity index (χ3n) is 4.74. The Morgan fingerprint density at radius 3 is 2.61 bits per heavy atom. The second-order valence-electron chi connectivity index (χ2n) is 6.47. The van der Waals surface area contributed by atoms with Crippen molar-refractivity contribution in [3.63, 3.8) is 0 Å². The summed E-state index contributed by atoms with van der Waals surface area (Å²) in [6.07, 6.45) is 3.17. The molecule has 2 aliphatic heterocycles. The Kier molecular flexibility index (Phi) is 5.27. The van der Waals surface area contributed by atoms with Crippen LogP contribution in [-0.2, 0) is 4.74 Å². The van der Waals surface area contributed by atoms with Gasteiger partial charge in [0.2, 0.25) is 0 Å². The maximum Gasteiger partial charge on any atom is 0.251 e. The maximum absolute atomic E-state index is 12.2. The van der Waals surface area contributed by atoms with Gasteiger partial charge in [-0.15, -0.1) is 0 Å². The van der Waals surface area contributed by atoms with E-state index < -0.39 is 0 Å². The number of nitrogens with one attached hydrogen (secondary N) is 1. The van der Waals surface area contributed by atoms with Gasteiger partial charge in [0, 0.05) is 37.8 Å². The molecule has 0 aromatic heterocycles. The van der Waals surface area contributed by atoms with Gasteiger partial charge in [-0.1, -0.05) is 0 Å². The topological polar surface area (TPSA) is 65.4 Å². The van der Waals surface area contributed by atoms with Gasteiger partial charge in [-0.2, -0.15) is 5.26 Å². The highest BCUT2D eigenvalue weighted by Gasteiger charge is 2.24. The van der Waals surface area contributed by atoms with Crippen molar-refractivity contribution >= 4 is 5.91 Å². The van der Waals surface area contributed by atoms with Crippen LogP contribution in [0.25, 0.3) is 0 Å². The molecule has 1 N–H and O–H groups in total. The molecule has 1 amide bonds. The molecule has 122 valence electrons. The monoisotopic (exact) mass is 313 g/mol. The van der Waals surface area contributed by atoms with E-state index in [0.717, 1.165) is 45.7 Å². The summed E-state index contributed by atoms with van der Waals surface area (Å²) in [6.45, 7) is 5.00. The summed E-state index contributed by atoms with van der Waals surface area (Å²) in [6, 6.07) is 9.09. The molecule has 0 spiro atoms. The minimum Gasteiger partial charge on any atom is -0.381 e. The SMILES string of the molecule is N#Cc1ccc(C(=O)NC2CCN(CC3CCOC3)CC2)cc1. The third kappa shape index (κ3) is 4.31. The summed E-state index contributed by atoms with van der Waals surface area (Å²) in [7, 11) is 0. The molecule has 0 bridgehead atoms. The van der Waals surface area contributed by atoms with Gasteiger partial charge in [-0.25, -0.2) is 0 Å². The van der Waals surface area contributed by atoms with Crippen LogP contribution in [0.5, 0.6) is 0 Å². The molecule has 1 unspecified atom stereocenters. The van der Waals surface area contributed by atoms with E-state index >= 15 is 0 Å². The number of rotatable bonds is 4. The number of hydrogen-bond donors (Lipinski definition) is 1. The van der Waals surface area contributed by atoms with Crippen molar-refractivity contribution in [3.8, 4) is 6.07 Å². The van der Waals surface area contributed by atoms with Crippen LogP contribution in [0.3, 0.4) is 0 Å². The van der Waals surface area contributed by atoms with Crippen LogP contribution < -0.4 is 5.32 Å². The highest BCUT2D eigenvalue weighted by molar-refractivity contribution is 5.94. The summed E-state index contributed by atoms with van der Waals surface area (Å²) in [5.74, 6) is 0.636. The van der Waals surface area contributed by atoms with E-state index in [2.05, 4.69) is 16.3 Å². The van der Waals surface area contributed by atoms with Crippen molar-refractivity contribution in [3.05, 3.63) is 35.4 Å². The van der Waals surface area contributed by atoms with Gasteiger partial charge in [-0.3, -0.25) is 4.79 Å². The predicted octanol–water partition coefficient (Wildman–Crippen LogP) is 1.79. The second-order valence-corrected chi connectivity index (χ2v) is 6.47. The molecule has 1 atom stereocenters. The molecule has 23 heavy (non-hydrogen) atoms. The van der Waals surface area contributed by atoms with Gasteiger partial charge in [0.15, 0.2) is 0 Å².